The fourth-order valence-corrected chi connectivity index (χ4v) is 3.54. The number of halogens is 4. The maximum Gasteiger partial charge on any atom is 0.416 e. The number of fused-ring (bicyclic) bond motifs is 1. The largest absolute Gasteiger partial charge is 0.481 e. The molecule has 38 heavy (non-hydrogen) atoms. The van der Waals surface area contributed by atoms with Crippen LogP contribution >= 0.6 is 0 Å². The minimum Gasteiger partial charge on any atom is -0.481 e. The molecule has 0 saturated carbocycles. The Morgan fingerprint density at radius 3 is 2.39 bits per heavy atom. The minimum absolute atomic E-state index is 0.0657. The van der Waals surface area contributed by atoms with Gasteiger partial charge in [0.05, 0.1) is 12.2 Å². The number of hydrogen-bond donors (Lipinski definition) is 1. The third-order valence-electron chi connectivity index (χ3n) is 5.16. The average Bonchev–Trinajstić information content (AvgIpc) is 3.27. The number of carboxylic acids is 1. The lowest BCUT2D eigenvalue weighted by molar-refractivity contribution is -0.139. The van der Waals surface area contributed by atoms with E-state index in [1.165, 1.54) is 0 Å². The highest BCUT2D eigenvalue weighted by atomic mass is 19.4. The van der Waals surface area contributed by atoms with E-state index in [2.05, 4.69) is 15.0 Å². The van der Waals surface area contributed by atoms with E-state index in [-0.39, 0.29) is 29.6 Å². The molecule has 0 bridgehead atoms. The standard InChI is InChI=1S/C25H21F4N3O6/c1-4-7-35-22-19-23(32-24(31-22)37-17-10-15(25(27,28)29)5-6-16(17)26)38-21(30-19)14-8-12(2)20(13(3)9-14)36-11-18(33)34/h5-6,8-10H,4,7,11H2,1-3H3,(H,33,34). The summed E-state index contributed by atoms with van der Waals surface area (Å²) >= 11 is 0. The molecule has 2 aromatic heterocycles. The van der Waals surface area contributed by atoms with Gasteiger partial charge in [0.15, 0.2) is 23.7 Å². The molecular formula is C25H21F4N3O6. The van der Waals surface area contributed by atoms with E-state index in [0.29, 0.717) is 47.1 Å². The second-order valence-electron chi connectivity index (χ2n) is 8.20. The SMILES string of the molecule is CCCOc1nc(Oc2cc(C(F)(F)F)ccc2F)nc2oc(-c3cc(C)c(OCC(=O)O)c(C)c3)nc12. The van der Waals surface area contributed by atoms with Gasteiger partial charge in [-0.3, -0.25) is 0 Å². The molecule has 9 nitrogen and oxygen atoms in total. The highest BCUT2D eigenvalue weighted by Crippen LogP contribution is 2.36. The lowest BCUT2D eigenvalue weighted by Crippen LogP contribution is -2.10. The summed E-state index contributed by atoms with van der Waals surface area (Å²) in [5.74, 6) is -2.46. The van der Waals surface area contributed by atoms with Gasteiger partial charge in [0, 0.05) is 5.56 Å². The van der Waals surface area contributed by atoms with Crippen LogP contribution in [0.4, 0.5) is 17.6 Å². The predicted octanol–water partition coefficient (Wildman–Crippen LogP) is 6.10. The Balaban J connectivity index is 1.74. The summed E-state index contributed by atoms with van der Waals surface area (Å²) in [5, 5.41) is 8.88. The number of carboxylic acid groups (broad SMARTS) is 1. The number of hydrogen-bond acceptors (Lipinski definition) is 8. The van der Waals surface area contributed by atoms with Crippen LogP contribution in [0.1, 0.15) is 30.0 Å². The van der Waals surface area contributed by atoms with Crippen LogP contribution in [0.15, 0.2) is 34.7 Å². The van der Waals surface area contributed by atoms with Crippen LogP contribution in [0.3, 0.4) is 0 Å². The van der Waals surface area contributed by atoms with Crippen LogP contribution in [0.25, 0.3) is 22.7 Å². The van der Waals surface area contributed by atoms with Gasteiger partial charge in [-0.05, 0) is 61.7 Å². The van der Waals surface area contributed by atoms with Crippen molar-refractivity contribution in [2.45, 2.75) is 33.4 Å². The average molecular weight is 535 g/mol. The Kier molecular flexibility index (Phi) is 7.37. The normalized spacial score (nSPS) is 11.6. The molecule has 0 radical (unpaired) electrons. The first-order valence-electron chi connectivity index (χ1n) is 11.3. The highest BCUT2D eigenvalue weighted by Gasteiger charge is 2.32. The monoisotopic (exact) mass is 535 g/mol. The lowest BCUT2D eigenvalue weighted by Gasteiger charge is -2.11. The van der Waals surface area contributed by atoms with Crippen molar-refractivity contribution < 1.29 is 46.1 Å². The van der Waals surface area contributed by atoms with E-state index in [1.807, 2.05) is 6.92 Å². The molecule has 200 valence electrons. The Hall–Kier alpha value is -4.42. The van der Waals surface area contributed by atoms with Crippen LogP contribution in [0.5, 0.6) is 23.4 Å². The molecule has 4 rings (SSSR count). The quantitative estimate of drug-likeness (QED) is 0.254. The van der Waals surface area contributed by atoms with Gasteiger partial charge < -0.3 is 23.7 Å². The van der Waals surface area contributed by atoms with Crippen LogP contribution in [0.2, 0.25) is 0 Å². The van der Waals surface area contributed by atoms with Gasteiger partial charge in [-0.2, -0.15) is 23.1 Å². The number of carbonyl (C=O) groups is 1. The molecular weight excluding hydrogens is 514 g/mol. The molecule has 0 atom stereocenters. The van der Waals surface area contributed by atoms with Crippen LogP contribution in [0, 0.1) is 19.7 Å². The van der Waals surface area contributed by atoms with Gasteiger partial charge in [0.25, 0.3) is 11.6 Å². The Morgan fingerprint density at radius 2 is 1.76 bits per heavy atom. The molecule has 1 N–H and O–H groups in total. The van der Waals surface area contributed by atoms with Gasteiger partial charge in [-0.15, -0.1) is 0 Å². The maximum absolute atomic E-state index is 14.2. The Bertz CT molecular complexity index is 1480. The lowest BCUT2D eigenvalue weighted by atomic mass is 10.1. The Labute approximate surface area is 213 Å². The van der Waals surface area contributed by atoms with Gasteiger partial charge in [0.2, 0.25) is 5.89 Å². The second kappa shape index (κ2) is 10.5. The molecule has 13 heteroatoms. The summed E-state index contributed by atoms with van der Waals surface area (Å²) < 4.78 is 75.5. The number of rotatable bonds is 9. The second-order valence-corrected chi connectivity index (χ2v) is 8.20. The Morgan fingerprint density at radius 1 is 1.05 bits per heavy atom. The number of aliphatic carboxylic acids is 1. The third kappa shape index (κ3) is 5.76. The fraction of sp³-hybridized carbons (Fsp3) is 0.280. The van der Waals surface area contributed by atoms with Gasteiger partial charge in [-0.1, -0.05) is 6.92 Å². The highest BCUT2D eigenvalue weighted by molar-refractivity contribution is 5.78. The maximum atomic E-state index is 14.2. The molecule has 0 spiro atoms. The number of nitrogens with zero attached hydrogens (tertiary/aromatic N) is 3. The first-order chi connectivity index (χ1) is 18.0. The number of alkyl halides is 3. The molecule has 0 aliphatic carbocycles. The number of aryl methyl sites for hydroxylation is 2. The molecule has 0 amide bonds. The van der Waals surface area contributed by atoms with Crippen LogP contribution < -0.4 is 14.2 Å². The first-order valence-corrected chi connectivity index (χ1v) is 11.3. The number of benzene rings is 2. The van der Waals surface area contributed by atoms with E-state index in [9.17, 15) is 22.4 Å². The number of aromatic nitrogens is 3. The summed E-state index contributed by atoms with van der Waals surface area (Å²) in [6, 6.07) is 4.56. The summed E-state index contributed by atoms with van der Waals surface area (Å²) in [5.41, 5.74) is 0.661. The smallest absolute Gasteiger partial charge is 0.416 e. The van der Waals surface area contributed by atoms with Gasteiger partial charge in [0.1, 0.15) is 5.75 Å². The van der Waals surface area contributed by atoms with Crippen molar-refractivity contribution in [2.24, 2.45) is 0 Å². The van der Waals surface area contributed by atoms with Crippen molar-refractivity contribution in [3.8, 4) is 34.8 Å². The molecule has 0 aliphatic heterocycles. The van der Waals surface area contributed by atoms with Crippen molar-refractivity contribution >= 4 is 17.2 Å². The van der Waals surface area contributed by atoms with E-state index >= 15 is 0 Å². The van der Waals surface area contributed by atoms with Crippen molar-refractivity contribution in [3.63, 3.8) is 0 Å². The van der Waals surface area contributed by atoms with Gasteiger partial charge >= 0.3 is 18.2 Å². The zero-order valence-electron chi connectivity index (χ0n) is 20.4. The van der Waals surface area contributed by atoms with E-state index in [1.54, 1.807) is 26.0 Å². The fourth-order valence-electron chi connectivity index (χ4n) is 3.54. The molecule has 0 fully saturated rings. The summed E-state index contributed by atoms with van der Waals surface area (Å²) in [6.45, 7) is 5.01. The topological polar surface area (TPSA) is 117 Å². The number of oxazole rings is 1. The van der Waals surface area contributed by atoms with E-state index < -0.39 is 41.9 Å². The minimum atomic E-state index is -4.71. The zero-order chi connectivity index (χ0) is 27.6. The third-order valence-corrected chi connectivity index (χ3v) is 5.16. The van der Waals surface area contributed by atoms with Crippen molar-refractivity contribution in [1.82, 2.24) is 15.0 Å². The molecule has 2 aromatic carbocycles. The molecule has 0 saturated heterocycles. The van der Waals surface area contributed by atoms with Crippen LogP contribution in [-0.2, 0) is 11.0 Å². The first kappa shape index (κ1) is 26.6. The molecule has 2 heterocycles. The predicted molar refractivity (Wildman–Crippen MR) is 125 cm³/mol. The molecule has 4 aromatic rings. The summed E-state index contributed by atoms with van der Waals surface area (Å²) in [7, 11) is 0. The van der Waals surface area contributed by atoms with Crippen molar-refractivity contribution in [1.29, 1.82) is 0 Å². The molecule has 0 aliphatic rings. The van der Waals surface area contributed by atoms with Crippen molar-refractivity contribution in [2.75, 3.05) is 13.2 Å². The van der Waals surface area contributed by atoms with Crippen LogP contribution in [-0.4, -0.2) is 39.2 Å². The summed E-state index contributed by atoms with van der Waals surface area (Å²) in [4.78, 5) is 23.4. The van der Waals surface area contributed by atoms with Gasteiger partial charge in [-0.25, -0.2) is 14.2 Å². The van der Waals surface area contributed by atoms with E-state index in [0.717, 1.165) is 0 Å². The van der Waals surface area contributed by atoms with E-state index in [4.69, 9.17) is 23.7 Å². The zero-order valence-corrected chi connectivity index (χ0v) is 20.4. The molecule has 0 unspecified atom stereocenters. The summed E-state index contributed by atoms with van der Waals surface area (Å²) in [6.07, 6.45) is -4.11. The van der Waals surface area contributed by atoms with Crippen molar-refractivity contribution in [3.05, 3.63) is 52.8 Å². The number of ether oxygens (including phenoxy) is 3.